The molecule has 3 heteroatoms. The molecule has 0 radical (unpaired) electrons. The van der Waals surface area contributed by atoms with E-state index in [-0.39, 0.29) is 0 Å². The van der Waals surface area contributed by atoms with Crippen molar-refractivity contribution in [3.63, 3.8) is 0 Å². The van der Waals surface area contributed by atoms with Gasteiger partial charge in [0.1, 0.15) is 11.8 Å². The van der Waals surface area contributed by atoms with Crippen LogP contribution in [0.1, 0.15) is 42.0 Å². The van der Waals surface area contributed by atoms with E-state index in [2.05, 4.69) is 43.4 Å². The molecule has 0 aliphatic rings. The SMILES string of the molecule is CCC(NCc1ccc(C#N)o1)c1ccc(C)cc1. The smallest absolute Gasteiger partial charge is 0.203 e. The maximum atomic E-state index is 8.71. The Morgan fingerprint density at radius 1 is 1.21 bits per heavy atom. The van der Waals surface area contributed by atoms with E-state index in [1.807, 2.05) is 12.1 Å². The van der Waals surface area contributed by atoms with Gasteiger partial charge in [0, 0.05) is 6.04 Å². The number of nitrogens with one attached hydrogen (secondary N) is 1. The highest BCUT2D eigenvalue weighted by Crippen LogP contribution is 2.18. The fraction of sp³-hybridized carbons (Fsp3) is 0.312. The Morgan fingerprint density at radius 2 is 1.95 bits per heavy atom. The summed E-state index contributed by atoms with van der Waals surface area (Å²) < 4.78 is 5.36. The Labute approximate surface area is 113 Å². The van der Waals surface area contributed by atoms with Crippen molar-refractivity contribution in [2.75, 3.05) is 0 Å². The van der Waals surface area contributed by atoms with Gasteiger partial charge in [0.05, 0.1) is 6.54 Å². The van der Waals surface area contributed by atoms with Crippen molar-refractivity contribution in [3.8, 4) is 6.07 Å². The van der Waals surface area contributed by atoms with Gasteiger partial charge in [-0.1, -0.05) is 36.8 Å². The van der Waals surface area contributed by atoms with Crippen LogP contribution in [0, 0.1) is 18.3 Å². The van der Waals surface area contributed by atoms with Crippen LogP contribution in [0.4, 0.5) is 0 Å². The van der Waals surface area contributed by atoms with E-state index in [4.69, 9.17) is 9.68 Å². The number of hydrogen-bond acceptors (Lipinski definition) is 3. The second kappa shape index (κ2) is 6.21. The molecule has 0 saturated carbocycles. The quantitative estimate of drug-likeness (QED) is 0.885. The third-order valence-electron chi connectivity index (χ3n) is 3.18. The zero-order valence-electron chi connectivity index (χ0n) is 11.3. The van der Waals surface area contributed by atoms with Crippen LogP contribution in [0.5, 0.6) is 0 Å². The van der Waals surface area contributed by atoms with Gasteiger partial charge in [-0.2, -0.15) is 5.26 Å². The highest BCUT2D eigenvalue weighted by Gasteiger charge is 2.09. The molecule has 1 atom stereocenters. The van der Waals surface area contributed by atoms with Crippen molar-refractivity contribution in [2.45, 2.75) is 32.9 Å². The Bertz CT molecular complexity index is 563. The fourth-order valence-corrected chi connectivity index (χ4v) is 2.05. The Morgan fingerprint density at radius 3 is 2.53 bits per heavy atom. The molecule has 1 N–H and O–H groups in total. The van der Waals surface area contributed by atoms with Gasteiger partial charge in [0.2, 0.25) is 5.76 Å². The molecule has 0 saturated heterocycles. The Hall–Kier alpha value is -2.05. The lowest BCUT2D eigenvalue weighted by Crippen LogP contribution is -2.19. The lowest BCUT2D eigenvalue weighted by atomic mass is 10.0. The average Bonchev–Trinajstić information content (AvgIpc) is 2.89. The summed E-state index contributed by atoms with van der Waals surface area (Å²) in [5, 5.41) is 12.2. The van der Waals surface area contributed by atoms with Crippen LogP contribution in [-0.4, -0.2) is 0 Å². The largest absolute Gasteiger partial charge is 0.449 e. The predicted molar refractivity (Wildman–Crippen MR) is 74.5 cm³/mol. The summed E-state index contributed by atoms with van der Waals surface area (Å²) in [6.45, 7) is 4.87. The third-order valence-corrected chi connectivity index (χ3v) is 3.18. The number of benzene rings is 1. The van der Waals surface area contributed by atoms with Crippen LogP contribution >= 0.6 is 0 Å². The average molecular weight is 254 g/mol. The molecule has 1 heterocycles. The number of furan rings is 1. The minimum atomic E-state index is 0.302. The van der Waals surface area contributed by atoms with E-state index in [1.165, 1.54) is 11.1 Å². The van der Waals surface area contributed by atoms with Gasteiger partial charge in [-0.15, -0.1) is 0 Å². The van der Waals surface area contributed by atoms with Crippen molar-refractivity contribution in [2.24, 2.45) is 0 Å². The monoisotopic (exact) mass is 254 g/mol. The standard InChI is InChI=1S/C16H18N2O/c1-3-16(13-6-4-12(2)5-7-13)18-11-15-9-8-14(10-17)19-15/h4-9,16,18H,3,11H2,1-2H3. The first-order valence-electron chi connectivity index (χ1n) is 6.51. The van der Waals surface area contributed by atoms with Gasteiger partial charge in [-0.3, -0.25) is 0 Å². The van der Waals surface area contributed by atoms with Crippen molar-refractivity contribution in [3.05, 3.63) is 59.0 Å². The van der Waals surface area contributed by atoms with Gasteiger partial charge < -0.3 is 9.73 Å². The molecule has 0 bridgehead atoms. The first kappa shape index (κ1) is 13.4. The van der Waals surface area contributed by atoms with Crippen LogP contribution in [0.25, 0.3) is 0 Å². The van der Waals surface area contributed by atoms with Crippen molar-refractivity contribution in [1.29, 1.82) is 5.26 Å². The van der Waals surface area contributed by atoms with Crippen LogP contribution in [0.3, 0.4) is 0 Å². The Kier molecular flexibility index (Phi) is 4.38. The lowest BCUT2D eigenvalue weighted by Gasteiger charge is -2.16. The third kappa shape index (κ3) is 3.46. The summed E-state index contributed by atoms with van der Waals surface area (Å²) >= 11 is 0. The number of nitrogens with zero attached hydrogens (tertiary/aromatic N) is 1. The first-order valence-corrected chi connectivity index (χ1v) is 6.51. The lowest BCUT2D eigenvalue weighted by molar-refractivity contribution is 0.438. The molecule has 0 aliphatic heterocycles. The second-order valence-electron chi connectivity index (χ2n) is 4.63. The summed E-state index contributed by atoms with van der Waals surface area (Å²) in [6.07, 6.45) is 1.01. The molecule has 98 valence electrons. The molecular formula is C16H18N2O. The minimum absolute atomic E-state index is 0.302. The summed E-state index contributed by atoms with van der Waals surface area (Å²) in [7, 11) is 0. The summed E-state index contributed by atoms with van der Waals surface area (Å²) in [5.41, 5.74) is 2.54. The molecular weight excluding hydrogens is 236 g/mol. The van der Waals surface area contributed by atoms with E-state index in [0.29, 0.717) is 18.3 Å². The predicted octanol–water partition coefficient (Wildman–Crippen LogP) is 3.70. The number of hydrogen-bond donors (Lipinski definition) is 1. The molecule has 0 amide bonds. The molecule has 2 rings (SSSR count). The van der Waals surface area contributed by atoms with Crippen LogP contribution in [0.2, 0.25) is 0 Å². The molecule has 1 aromatic heterocycles. The zero-order chi connectivity index (χ0) is 13.7. The second-order valence-corrected chi connectivity index (χ2v) is 4.63. The van der Waals surface area contributed by atoms with Gasteiger partial charge in [0.15, 0.2) is 0 Å². The normalized spacial score (nSPS) is 12.1. The highest BCUT2D eigenvalue weighted by atomic mass is 16.3. The Balaban J connectivity index is 1.99. The zero-order valence-corrected chi connectivity index (χ0v) is 11.3. The molecule has 0 spiro atoms. The van der Waals surface area contributed by atoms with E-state index < -0.39 is 0 Å². The number of rotatable bonds is 5. The maximum Gasteiger partial charge on any atom is 0.203 e. The first-order chi connectivity index (χ1) is 9.22. The maximum absolute atomic E-state index is 8.71. The van der Waals surface area contributed by atoms with Gasteiger partial charge in [-0.25, -0.2) is 0 Å². The van der Waals surface area contributed by atoms with E-state index >= 15 is 0 Å². The topological polar surface area (TPSA) is 49.0 Å². The van der Waals surface area contributed by atoms with Crippen LogP contribution < -0.4 is 5.32 Å². The van der Waals surface area contributed by atoms with Crippen LogP contribution in [0.15, 0.2) is 40.8 Å². The molecule has 1 aromatic carbocycles. The summed E-state index contributed by atoms with van der Waals surface area (Å²) in [5.74, 6) is 1.15. The highest BCUT2D eigenvalue weighted by molar-refractivity contribution is 5.24. The van der Waals surface area contributed by atoms with Crippen molar-refractivity contribution < 1.29 is 4.42 Å². The summed E-state index contributed by atoms with van der Waals surface area (Å²) in [6, 6.07) is 14.4. The summed E-state index contributed by atoms with van der Waals surface area (Å²) in [4.78, 5) is 0. The van der Waals surface area contributed by atoms with Gasteiger partial charge >= 0.3 is 0 Å². The number of nitriles is 1. The van der Waals surface area contributed by atoms with E-state index in [1.54, 1.807) is 6.07 Å². The van der Waals surface area contributed by atoms with Crippen LogP contribution in [-0.2, 0) is 6.54 Å². The molecule has 3 nitrogen and oxygen atoms in total. The molecule has 0 aliphatic carbocycles. The van der Waals surface area contributed by atoms with Crippen molar-refractivity contribution in [1.82, 2.24) is 5.32 Å². The van der Waals surface area contributed by atoms with Crippen molar-refractivity contribution >= 4 is 0 Å². The molecule has 19 heavy (non-hydrogen) atoms. The van der Waals surface area contributed by atoms with Gasteiger partial charge in [0.25, 0.3) is 0 Å². The van der Waals surface area contributed by atoms with E-state index in [9.17, 15) is 0 Å². The fourth-order valence-electron chi connectivity index (χ4n) is 2.05. The number of aryl methyl sites for hydroxylation is 1. The molecule has 2 aromatic rings. The molecule has 1 unspecified atom stereocenters. The van der Waals surface area contributed by atoms with E-state index in [0.717, 1.165) is 12.2 Å². The minimum Gasteiger partial charge on any atom is -0.449 e. The van der Waals surface area contributed by atoms with Gasteiger partial charge in [-0.05, 0) is 31.0 Å². The molecule has 0 fully saturated rings.